The third-order valence-electron chi connectivity index (χ3n) is 2.90. The lowest BCUT2D eigenvalue weighted by Gasteiger charge is -2.40. The van der Waals surface area contributed by atoms with Gasteiger partial charge in [-0.2, -0.15) is 18.2 Å². The van der Waals surface area contributed by atoms with Crippen molar-refractivity contribution in [2.45, 2.75) is 44.0 Å². The zero-order valence-corrected chi connectivity index (χ0v) is 10.0. The predicted molar refractivity (Wildman–Crippen MR) is 54.4 cm³/mol. The molecule has 2 N–H and O–H groups in total. The molecule has 1 atom stereocenters. The average molecular weight is 265 g/mol. The number of halogens is 3. The van der Waals surface area contributed by atoms with Crippen molar-refractivity contribution in [2.24, 2.45) is 5.73 Å². The molecule has 0 radical (unpaired) electrons. The highest BCUT2D eigenvalue weighted by molar-refractivity contribution is 5.08. The van der Waals surface area contributed by atoms with Gasteiger partial charge in [-0.3, -0.25) is 0 Å². The van der Waals surface area contributed by atoms with Crippen LogP contribution in [0.15, 0.2) is 4.52 Å². The van der Waals surface area contributed by atoms with Crippen LogP contribution in [0.4, 0.5) is 13.2 Å². The number of hydrogen-bond donors (Lipinski definition) is 1. The highest BCUT2D eigenvalue weighted by Crippen LogP contribution is 2.37. The molecular weight excluding hydrogens is 251 g/mol. The van der Waals surface area contributed by atoms with Gasteiger partial charge in [-0.1, -0.05) is 5.16 Å². The molecule has 0 saturated carbocycles. The first-order chi connectivity index (χ1) is 8.12. The molecule has 1 aromatic heterocycles. The number of alkyl halides is 3. The third-order valence-corrected chi connectivity index (χ3v) is 2.90. The van der Waals surface area contributed by atoms with Gasteiger partial charge in [0.1, 0.15) is 0 Å². The zero-order chi connectivity index (χ0) is 13.6. The quantitative estimate of drug-likeness (QED) is 0.838. The lowest BCUT2D eigenvalue weighted by molar-refractivity contribution is -0.159. The standard InChI is InChI=1S/C10H14F3N3O2/c1-8(2)5-9(14,3-4-17-8)6-15-7(18-16-6)10(11,12)13/h3-5,14H2,1-2H3. The first-order valence-electron chi connectivity index (χ1n) is 5.47. The first-order valence-corrected chi connectivity index (χ1v) is 5.47. The fourth-order valence-electron chi connectivity index (χ4n) is 2.14. The topological polar surface area (TPSA) is 74.2 Å². The van der Waals surface area contributed by atoms with Gasteiger partial charge in [0.25, 0.3) is 0 Å². The summed E-state index contributed by atoms with van der Waals surface area (Å²) in [5.41, 5.74) is 4.51. The number of nitrogens with zero attached hydrogens (tertiary/aromatic N) is 2. The van der Waals surface area contributed by atoms with E-state index in [0.29, 0.717) is 19.4 Å². The summed E-state index contributed by atoms with van der Waals surface area (Å²) in [6.07, 6.45) is -3.97. The van der Waals surface area contributed by atoms with E-state index in [-0.39, 0.29) is 5.82 Å². The van der Waals surface area contributed by atoms with Crippen molar-refractivity contribution in [3.63, 3.8) is 0 Å². The maximum Gasteiger partial charge on any atom is 0.471 e. The second kappa shape index (κ2) is 3.92. The molecule has 0 spiro atoms. The average Bonchev–Trinajstić information content (AvgIpc) is 2.63. The largest absolute Gasteiger partial charge is 0.471 e. The lowest BCUT2D eigenvalue weighted by atomic mass is 9.81. The number of nitrogens with two attached hydrogens (primary N) is 1. The van der Waals surface area contributed by atoms with Crippen LogP contribution in [-0.2, 0) is 16.5 Å². The van der Waals surface area contributed by atoms with E-state index in [1.54, 1.807) is 0 Å². The van der Waals surface area contributed by atoms with E-state index in [9.17, 15) is 13.2 Å². The minimum Gasteiger partial charge on any atom is -0.375 e. The van der Waals surface area contributed by atoms with E-state index in [1.165, 1.54) is 0 Å². The second-order valence-electron chi connectivity index (χ2n) is 5.11. The van der Waals surface area contributed by atoms with Gasteiger partial charge in [-0.15, -0.1) is 0 Å². The molecule has 8 heteroatoms. The molecule has 0 aliphatic carbocycles. The summed E-state index contributed by atoms with van der Waals surface area (Å²) < 4.78 is 46.8. The van der Waals surface area contributed by atoms with Crippen molar-refractivity contribution >= 4 is 0 Å². The van der Waals surface area contributed by atoms with E-state index < -0.39 is 23.2 Å². The van der Waals surface area contributed by atoms with Crippen molar-refractivity contribution in [1.82, 2.24) is 10.1 Å². The van der Waals surface area contributed by atoms with Crippen molar-refractivity contribution in [2.75, 3.05) is 6.61 Å². The molecule has 0 bridgehead atoms. The smallest absolute Gasteiger partial charge is 0.375 e. The Balaban J connectivity index is 2.28. The van der Waals surface area contributed by atoms with Crippen LogP contribution < -0.4 is 5.73 Å². The van der Waals surface area contributed by atoms with Crippen LogP contribution in [-0.4, -0.2) is 22.3 Å². The van der Waals surface area contributed by atoms with Crippen molar-refractivity contribution in [3.8, 4) is 0 Å². The summed E-state index contributed by atoms with van der Waals surface area (Å²) in [4.78, 5) is 3.36. The number of ether oxygens (including phenoxy) is 1. The van der Waals surface area contributed by atoms with E-state index in [0.717, 1.165) is 0 Å². The van der Waals surface area contributed by atoms with E-state index in [2.05, 4.69) is 14.7 Å². The Morgan fingerprint density at radius 2 is 2.00 bits per heavy atom. The Hall–Kier alpha value is -1.15. The molecular formula is C10H14F3N3O2. The van der Waals surface area contributed by atoms with Crippen molar-refractivity contribution in [1.29, 1.82) is 0 Å². The molecule has 102 valence electrons. The minimum atomic E-state index is -4.65. The number of hydrogen-bond acceptors (Lipinski definition) is 5. The predicted octanol–water partition coefficient (Wildman–Crippen LogP) is 1.83. The van der Waals surface area contributed by atoms with Crippen LogP contribution in [0.1, 0.15) is 38.4 Å². The molecule has 18 heavy (non-hydrogen) atoms. The van der Waals surface area contributed by atoms with E-state index in [1.807, 2.05) is 13.8 Å². The molecule has 0 aromatic carbocycles. The molecule has 1 aliphatic heterocycles. The second-order valence-corrected chi connectivity index (χ2v) is 5.11. The van der Waals surface area contributed by atoms with Crippen LogP contribution in [0.2, 0.25) is 0 Å². The van der Waals surface area contributed by atoms with Gasteiger partial charge in [0.15, 0.2) is 5.82 Å². The van der Waals surface area contributed by atoms with Crippen LogP contribution in [0.5, 0.6) is 0 Å². The van der Waals surface area contributed by atoms with Crippen LogP contribution in [0.25, 0.3) is 0 Å². The first kappa shape index (κ1) is 13.3. The Morgan fingerprint density at radius 3 is 2.50 bits per heavy atom. The SMILES string of the molecule is CC1(C)CC(N)(c2noc(C(F)(F)F)n2)CCO1. The summed E-state index contributed by atoms with van der Waals surface area (Å²) in [5, 5.41) is 3.36. The van der Waals surface area contributed by atoms with Crippen molar-refractivity contribution in [3.05, 3.63) is 11.7 Å². The van der Waals surface area contributed by atoms with Gasteiger partial charge in [0, 0.05) is 13.0 Å². The molecule has 2 rings (SSSR count). The van der Waals surface area contributed by atoms with Crippen LogP contribution >= 0.6 is 0 Å². The van der Waals surface area contributed by atoms with E-state index in [4.69, 9.17) is 10.5 Å². The highest BCUT2D eigenvalue weighted by Gasteiger charge is 2.45. The highest BCUT2D eigenvalue weighted by atomic mass is 19.4. The molecule has 1 aliphatic rings. The summed E-state index contributed by atoms with van der Waals surface area (Å²) in [5.74, 6) is -1.49. The van der Waals surface area contributed by atoms with Crippen molar-refractivity contribution < 1.29 is 22.4 Å². The normalized spacial score (nSPS) is 28.3. The Morgan fingerprint density at radius 1 is 1.33 bits per heavy atom. The van der Waals surface area contributed by atoms with E-state index >= 15 is 0 Å². The monoisotopic (exact) mass is 265 g/mol. The molecule has 1 fully saturated rings. The van der Waals surface area contributed by atoms with Gasteiger partial charge in [-0.25, -0.2) is 0 Å². The van der Waals surface area contributed by atoms with Gasteiger partial charge in [0.05, 0.1) is 11.1 Å². The summed E-state index contributed by atoms with van der Waals surface area (Å²) in [6.45, 7) is 3.98. The van der Waals surface area contributed by atoms with Gasteiger partial charge >= 0.3 is 12.1 Å². The Kier molecular flexibility index (Phi) is 2.90. The number of aromatic nitrogens is 2. The molecule has 2 heterocycles. The molecule has 1 aromatic rings. The Labute approximate surface area is 101 Å². The van der Waals surface area contributed by atoms with Gasteiger partial charge in [0.2, 0.25) is 0 Å². The zero-order valence-electron chi connectivity index (χ0n) is 10.0. The number of rotatable bonds is 1. The minimum absolute atomic E-state index is 0.119. The maximum absolute atomic E-state index is 12.4. The molecule has 5 nitrogen and oxygen atoms in total. The lowest BCUT2D eigenvalue weighted by Crippen LogP contribution is -2.50. The third kappa shape index (κ3) is 2.49. The molecule has 1 saturated heterocycles. The fourth-order valence-corrected chi connectivity index (χ4v) is 2.14. The summed E-state index contributed by atoms with van der Waals surface area (Å²) >= 11 is 0. The molecule has 0 amide bonds. The molecule has 1 unspecified atom stereocenters. The maximum atomic E-state index is 12.4. The summed E-state index contributed by atoms with van der Waals surface area (Å²) in [6, 6.07) is 0. The van der Waals surface area contributed by atoms with Gasteiger partial charge in [-0.05, 0) is 20.3 Å². The van der Waals surface area contributed by atoms with Crippen LogP contribution in [0, 0.1) is 0 Å². The van der Waals surface area contributed by atoms with Crippen LogP contribution in [0.3, 0.4) is 0 Å². The fraction of sp³-hybridized carbons (Fsp3) is 0.800. The summed E-state index contributed by atoms with van der Waals surface area (Å²) in [7, 11) is 0. The Bertz CT molecular complexity index is 444. The van der Waals surface area contributed by atoms with Gasteiger partial charge < -0.3 is 15.0 Å².